The molecule has 2 aromatic carbocycles. The Kier molecular flexibility index (Phi) is 10.8. The van der Waals surface area contributed by atoms with Crippen molar-refractivity contribution in [1.82, 2.24) is 0 Å². The van der Waals surface area contributed by atoms with Crippen molar-refractivity contribution in [3.63, 3.8) is 0 Å². The second-order valence-corrected chi connectivity index (χ2v) is 10.4. The first kappa shape index (κ1) is 30.6. The molecule has 0 unspecified atom stereocenters. The van der Waals surface area contributed by atoms with E-state index in [0.717, 1.165) is 53.6 Å². The molecule has 0 saturated heterocycles. The summed E-state index contributed by atoms with van der Waals surface area (Å²) in [4.78, 5) is 2.01. The van der Waals surface area contributed by atoms with Crippen molar-refractivity contribution in [3.8, 4) is 0 Å². The van der Waals surface area contributed by atoms with E-state index in [0.29, 0.717) is 0 Å². The van der Waals surface area contributed by atoms with Gasteiger partial charge in [0.15, 0.2) is 12.4 Å². The van der Waals surface area contributed by atoms with Gasteiger partial charge in [-0.2, -0.15) is 8.80 Å². The van der Waals surface area contributed by atoms with E-state index in [2.05, 4.69) is 52.7 Å². The fraction of sp³-hybridized carbons (Fsp3) is 0.133. The van der Waals surface area contributed by atoms with Crippen LogP contribution in [-0.2, 0) is 6.42 Å². The standard InChI is InChI=1S/C17H16ClNS.C13H8ClNS.2ClH/c1-2-3-7-12-15-10-4-5-11-19(15)16-13(17(12)20)8-6-9-14(16)18;14-11-6-3-5-10-12(16)8-9-4-1-2-7-15(9)13(10)11;;/h4-6,8-11H,2-3,7H2,1H3;1-8H;2*1H. The molecule has 0 aliphatic rings. The van der Waals surface area contributed by atoms with Crippen LogP contribution in [0.5, 0.6) is 0 Å². The molecule has 6 rings (SSSR count). The molecular weight excluding hydrogens is 594 g/mol. The van der Waals surface area contributed by atoms with Gasteiger partial charge in [0.05, 0.1) is 10.8 Å². The van der Waals surface area contributed by atoms with Crippen LogP contribution in [0.25, 0.3) is 32.8 Å². The van der Waals surface area contributed by atoms with E-state index in [4.69, 9.17) is 35.8 Å². The molecule has 2 nitrogen and oxygen atoms in total. The van der Waals surface area contributed by atoms with Gasteiger partial charge in [-0.15, -0.1) is 25.3 Å². The van der Waals surface area contributed by atoms with Gasteiger partial charge in [0.1, 0.15) is 10.0 Å². The summed E-state index contributed by atoms with van der Waals surface area (Å²) in [6.07, 6.45) is 7.48. The molecule has 196 valence electrons. The first-order valence-corrected chi connectivity index (χ1v) is 13.6. The van der Waals surface area contributed by atoms with Gasteiger partial charge in [-0.1, -0.05) is 48.7 Å². The fourth-order valence-corrected chi connectivity index (χ4v) is 5.93. The van der Waals surface area contributed by atoms with Gasteiger partial charge in [-0.25, -0.2) is 0 Å². The molecule has 0 atom stereocenters. The van der Waals surface area contributed by atoms with Crippen molar-refractivity contribution in [2.45, 2.75) is 36.0 Å². The molecule has 0 aliphatic heterocycles. The molecule has 0 amide bonds. The number of unbranched alkanes of at least 4 members (excludes halogenated alkanes) is 1. The Morgan fingerprint density at radius 2 is 1.32 bits per heavy atom. The third kappa shape index (κ3) is 5.82. The highest BCUT2D eigenvalue weighted by atomic mass is 35.5. The average Bonchev–Trinajstić information content (AvgIpc) is 2.89. The average molecular weight is 620 g/mol. The smallest absolute Gasteiger partial charge is 0.238 e. The van der Waals surface area contributed by atoms with Gasteiger partial charge in [0.25, 0.3) is 0 Å². The number of thiol groups is 2. The van der Waals surface area contributed by atoms with Crippen LogP contribution in [0.1, 0.15) is 25.3 Å². The second-order valence-electron chi connectivity index (χ2n) is 8.68. The minimum absolute atomic E-state index is 0. The fourth-order valence-electron chi connectivity index (χ4n) is 4.68. The molecule has 0 fully saturated rings. The third-order valence-electron chi connectivity index (χ3n) is 6.40. The summed E-state index contributed by atoms with van der Waals surface area (Å²) in [5.41, 5.74) is 5.65. The number of hydrogen-bond donors (Lipinski definition) is 2. The summed E-state index contributed by atoms with van der Waals surface area (Å²) in [5.74, 6) is 0. The van der Waals surface area contributed by atoms with E-state index in [1.54, 1.807) is 0 Å². The summed E-state index contributed by atoms with van der Waals surface area (Å²) in [6.45, 7) is 2.21. The van der Waals surface area contributed by atoms with E-state index in [9.17, 15) is 0 Å². The monoisotopic (exact) mass is 618 g/mol. The predicted octanol–water partition coefficient (Wildman–Crippen LogP) is 2.39. The molecular formula is C30H26Cl4N2S2. The van der Waals surface area contributed by atoms with Gasteiger partial charge in [0, 0.05) is 45.7 Å². The SMILES string of the molecule is CCCCc1c(S)c2cccc(Cl)c2[n+]2ccccc12.Sc1cc2cccc[n+]2c2c(Cl)cccc12.[Cl-].[Cl-]. The Hall–Kier alpha value is -1.92. The van der Waals surface area contributed by atoms with Crippen LogP contribution in [-0.4, -0.2) is 0 Å². The molecule has 0 bridgehead atoms. The number of halogens is 4. The van der Waals surface area contributed by atoms with Crippen molar-refractivity contribution >= 4 is 81.3 Å². The van der Waals surface area contributed by atoms with Crippen LogP contribution in [0.2, 0.25) is 10.0 Å². The topological polar surface area (TPSA) is 8.20 Å². The highest BCUT2D eigenvalue weighted by Gasteiger charge is 2.20. The van der Waals surface area contributed by atoms with Crippen molar-refractivity contribution in [2.24, 2.45) is 0 Å². The zero-order chi connectivity index (χ0) is 25.2. The quantitative estimate of drug-likeness (QED) is 0.171. The Morgan fingerprint density at radius 3 is 2.00 bits per heavy atom. The first-order valence-electron chi connectivity index (χ1n) is 11.9. The van der Waals surface area contributed by atoms with Crippen LogP contribution in [0.3, 0.4) is 0 Å². The highest BCUT2D eigenvalue weighted by Crippen LogP contribution is 2.31. The van der Waals surface area contributed by atoms with E-state index in [1.807, 2.05) is 66.9 Å². The number of fused-ring (bicyclic) bond motifs is 6. The van der Waals surface area contributed by atoms with Crippen LogP contribution in [0.15, 0.2) is 101 Å². The van der Waals surface area contributed by atoms with Crippen LogP contribution < -0.4 is 33.6 Å². The Balaban J connectivity index is 0.000000204. The zero-order valence-corrected chi connectivity index (χ0v) is 25.4. The maximum Gasteiger partial charge on any atom is 0.238 e. The molecule has 0 radical (unpaired) electrons. The number of pyridine rings is 4. The number of rotatable bonds is 3. The predicted molar refractivity (Wildman–Crippen MR) is 157 cm³/mol. The van der Waals surface area contributed by atoms with Crippen LogP contribution >= 0.6 is 48.5 Å². The summed E-state index contributed by atoms with van der Waals surface area (Å²) in [5, 5.41) is 3.70. The van der Waals surface area contributed by atoms with Crippen molar-refractivity contribution in [3.05, 3.63) is 107 Å². The summed E-state index contributed by atoms with van der Waals surface area (Å²) >= 11 is 22.0. The Bertz CT molecular complexity index is 1740. The summed E-state index contributed by atoms with van der Waals surface area (Å²) < 4.78 is 4.26. The van der Waals surface area contributed by atoms with Crippen molar-refractivity contribution in [2.75, 3.05) is 0 Å². The van der Waals surface area contributed by atoms with Gasteiger partial charge in [-0.3, -0.25) is 0 Å². The second kappa shape index (κ2) is 13.4. The number of aromatic nitrogens is 2. The van der Waals surface area contributed by atoms with E-state index in [-0.39, 0.29) is 24.8 Å². The molecule has 0 N–H and O–H groups in total. The Morgan fingerprint density at radius 1 is 0.711 bits per heavy atom. The van der Waals surface area contributed by atoms with E-state index < -0.39 is 0 Å². The molecule has 6 aromatic rings. The molecule has 0 spiro atoms. The molecule has 4 heterocycles. The first-order chi connectivity index (χ1) is 17.5. The lowest BCUT2D eigenvalue weighted by atomic mass is 10.0. The molecule has 8 heteroatoms. The lowest BCUT2D eigenvalue weighted by molar-refractivity contribution is -0.482. The molecule has 4 aromatic heterocycles. The van der Waals surface area contributed by atoms with Crippen molar-refractivity contribution in [1.29, 1.82) is 0 Å². The maximum absolute atomic E-state index is 6.41. The van der Waals surface area contributed by atoms with E-state index in [1.165, 1.54) is 23.9 Å². The number of nitrogens with zero attached hydrogens (tertiary/aromatic N) is 2. The van der Waals surface area contributed by atoms with Gasteiger partial charge < -0.3 is 24.8 Å². The highest BCUT2D eigenvalue weighted by molar-refractivity contribution is 7.80. The molecule has 38 heavy (non-hydrogen) atoms. The number of hydrogen-bond acceptors (Lipinski definition) is 2. The zero-order valence-electron chi connectivity index (χ0n) is 20.6. The largest absolute Gasteiger partial charge is 1.00 e. The summed E-state index contributed by atoms with van der Waals surface area (Å²) in [6, 6.07) is 26.2. The lowest BCUT2D eigenvalue weighted by Gasteiger charge is -2.09. The molecule has 0 saturated carbocycles. The number of benzene rings is 2. The van der Waals surface area contributed by atoms with Crippen LogP contribution in [0.4, 0.5) is 0 Å². The van der Waals surface area contributed by atoms with Crippen LogP contribution in [0, 0.1) is 0 Å². The van der Waals surface area contributed by atoms with E-state index >= 15 is 0 Å². The normalized spacial score (nSPS) is 10.7. The minimum Gasteiger partial charge on any atom is -1.00 e. The van der Waals surface area contributed by atoms with Gasteiger partial charge in [0.2, 0.25) is 22.1 Å². The Labute approximate surface area is 256 Å². The van der Waals surface area contributed by atoms with Crippen molar-refractivity contribution < 1.29 is 33.6 Å². The lowest BCUT2D eigenvalue weighted by Crippen LogP contribution is -3.00. The number of para-hydroxylation sites is 2. The van der Waals surface area contributed by atoms with Gasteiger partial charge >= 0.3 is 0 Å². The maximum atomic E-state index is 6.41. The minimum atomic E-state index is 0. The molecule has 0 aliphatic carbocycles. The van der Waals surface area contributed by atoms with Gasteiger partial charge in [-0.05, 0) is 49.2 Å². The number of aryl methyl sites for hydroxylation is 1. The summed E-state index contributed by atoms with van der Waals surface area (Å²) in [7, 11) is 0. The third-order valence-corrected chi connectivity index (χ3v) is 7.89.